The summed E-state index contributed by atoms with van der Waals surface area (Å²) in [5.74, 6) is -0.453. The lowest BCUT2D eigenvalue weighted by Crippen LogP contribution is -2.48. The molecule has 10 nitrogen and oxygen atoms in total. The van der Waals surface area contributed by atoms with Gasteiger partial charge in [0.15, 0.2) is 5.78 Å². The van der Waals surface area contributed by atoms with E-state index in [0.29, 0.717) is 41.7 Å². The van der Waals surface area contributed by atoms with Gasteiger partial charge in [0, 0.05) is 61.5 Å². The number of likely N-dealkylation sites (tertiary alicyclic amines) is 1. The zero-order valence-corrected chi connectivity index (χ0v) is 26.0. The number of urea groups is 1. The molecular formula is C33H40ClN5O5. The van der Waals surface area contributed by atoms with E-state index in [1.807, 2.05) is 25.1 Å². The number of ether oxygens (including phenoxy) is 1. The maximum Gasteiger partial charge on any atom is 0.319 e. The van der Waals surface area contributed by atoms with Gasteiger partial charge in [0.25, 0.3) is 5.91 Å². The Morgan fingerprint density at radius 3 is 2.55 bits per heavy atom. The van der Waals surface area contributed by atoms with Crippen molar-refractivity contribution < 1.29 is 23.9 Å². The van der Waals surface area contributed by atoms with Crippen molar-refractivity contribution in [3.8, 4) is 0 Å². The van der Waals surface area contributed by atoms with Gasteiger partial charge in [-0.05, 0) is 79.7 Å². The Hall–Kier alpha value is -3.31. The first-order valence-electron chi connectivity index (χ1n) is 15.6. The van der Waals surface area contributed by atoms with Crippen LogP contribution in [0, 0.1) is 6.92 Å². The first kappa shape index (κ1) is 30.7. The number of amides is 3. The van der Waals surface area contributed by atoms with E-state index >= 15 is 0 Å². The van der Waals surface area contributed by atoms with Crippen LogP contribution in [0.1, 0.15) is 64.7 Å². The molecule has 0 aromatic heterocycles. The Morgan fingerprint density at radius 1 is 1.02 bits per heavy atom. The molecule has 234 valence electrons. The fraction of sp³-hybridized carbons (Fsp3) is 0.515. The fourth-order valence-corrected chi connectivity index (χ4v) is 7.12. The van der Waals surface area contributed by atoms with Crippen LogP contribution < -0.4 is 10.6 Å². The summed E-state index contributed by atoms with van der Waals surface area (Å²) in [5, 5.41) is 6.41. The van der Waals surface area contributed by atoms with Gasteiger partial charge in [-0.25, -0.2) is 4.79 Å². The van der Waals surface area contributed by atoms with Gasteiger partial charge in [-0.3, -0.25) is 24.2 Å². The molecule has 1 aliphatic carbocycles. The Bertz CT molecular complexity index is 1450. The highest BCUT2D eigenvalue weighted by atomic mass is 35.5. The number of rotatable bonds is 7. The van der Waals surface area contributed by atoms with Crippen molar-refractivity contribution in [1.29, 1.82) is 0 Å². The van der Waals surface area contributed by atoms with Crippen LogP contribution >= 0.6 is 11.6 Å². The van der Waals surface area contributed by atoms with Gasteiger partial charge in [0.2, 0.25) is 0 Å². The molecule has 4 aliphatic rings. The molecular weight excluding hydrogens is 582 g/mol. The smallest absolute Gasteiger partial charge is 0.319 e. The van der Waals surface area contributed by atoms with Crippen LogP contribution in [0.25, 0.3) is 0 Å². The first-order chi connectivity index (χ1) is 21.2. The molecule has 44 heavy (non-hydrogen) atoms. The first-order valence-corrected chi connectivity index (χ1v) is 16.0. The largest absolute Gasteiger partial charge is 0.379 e. The number of fused-ring (bicyclic) bond motifs is 1. The highest BCUT2D eigenvalue weighted by Gasteiger charge is 2.39. The van der Waals surface area contributed by atoms with Crippen molar-refractivity contribution in [1.82, 2.24) is 20.0 Å². The quantitative estimate of drug-likeness (QED) is 0.451. The standard InChI is InChI=1S/C33H40ClN5O5/c1-21-24(19-37-8-6-26(7-9-37)38-10-12-44-13-11-38)15-25(16-29(21)34)36-33(43)35-18-22-2-3-23-20-39(32(42)28(23)14-22)30-5-4-27(40)17-31(30)41/h2-3,14-16,26,30H,4-13,17-20H2,1H3,(H2,35,36,43). The molecule has 3 heterocycles. The van der Waals surface area contributed by atoms with Gasteiger partial charge in [0.05, 0.1) is 25.7 Å². The number of ketones is 2. The Labute approximate surface area is 263 Å². The van der Waals surface area contributed by atoms with Gasteiger partial charge < -0.3 is 20.3 Å². The summed E-state index contributed by atoms with van der Waals surface area (Å²) in [6, 6.07) is 9.00. The summed E-state index contributed by atoms with van der Waals surface area (Å²) < 4.78 is 5.51. The molecule has 1 saturated carbocycles. The normalized spacial score (nSPS) is 21.9. The van der Waals surface area contributed by atoms with E-state index in [9.17, 15) is 19.2 Å². The summed E-state index contributed by atoms with van der Waals surface area (Å²) in [6.07, 6.45) is 2.88. The zero-order valence-electron chi connectivity index (χ0n) is 25.2. The minimum Gasteiger partial charge on any atom is -0.379 e. The predicted molar refractivity (Wildman–Crippen MR) is 167 cm³/mol. The van der Waals surface area contributed by atoms with E-state index in [4.69, 9.17) is 16.3 Å². The monoisotopic (exact) mass is 621 g/mol. The number of Topliss-reactive ketones (excluding diaryl/α,β-unsaturated/α-hetero) is 2. The van der Waals surface area contributed by atoms with Crippen LogP contribution in [0.5, 0.6) is 0 Å². The number of halogens is 1. The molecule has 2 aromatic rings. The fourth-order valence-electron chi connectivity index (χ4n) is 6.88. The highest BCUT2D eigenvalue weighted by molar-refractivity contribution is 6.31. The summed E-state index contributed by atoms with van der Waals surface area (Å²) in [5.41, 5.74) is 4.92. The van der Waals surface area contributed by atoms with Crippen LogP contribution in [0.2, 0.25) is 5.02 Å². The summed E-state index contributed by atoms with van der Waals surface area (Å²) in [7, 11) is 0. The Kier molecular flexibility index (Phi) is 9.32. The number of piperidine rings is 1. The van der Waals surface area contributed by atoms with Crippen LogP contribution in [0.3, 0.4) is 0 Å². The summed E-state index contributed by atoms with van der Waals surface area (Å²) >= 11 is 6.59. The summed E-state index contributed by atoms with van der Waals surface area (Å²) in [6.45, 7) is 9.11. The molecule has 0 radical (unpaired) electrons. The number of benzene rings is 2. The van der Waals surface area contributed by atoms with E-state index < -0.39 is 6.04 Å². The van der Waals surface area contributed by atoms with Crippen molar-refractivity contribution in [2.45, 2.75) is 70.7 Å². The summed E-state index contributed by atoms with van der Waals surface area (Å²) in [4.78, 5) is 56.7. The number of morpholine rings is 1. The molecule has 3 aliphatic heterocycles. The molecule has 0 bridgehead atoms. The number of nitrogens with zero attached hydrogens (tertiary/aromatic N) is 3. The second kappa shape index (κ2) is 13.4. The average Bonchev–Trinajstić information content (AvgIpc) is 3.34. The van der Waals surface area contributed by atoms with Crippen LogP contribution in [-0.4, -0.2) is 89.7 Å². The number of carbonyl (C=O) groups excluding carboxylic acids is 4. The molecule has 11 heteroatoms. The number of hydrogen-bond donors (Lipinski definition) is 2. The maximum absolute atomic E-state index is 13.1. The SMILES string of the molecule is Cc1c(Cl)cc(NC(=O)NCc2ccc3c(c2)C(=O)N(C2CCC(=O)CC2=O)C3)cc1CN1CCC(N2CCOCC2)CC1. The minimum atomic E-state index is -0.548. The number of anilines is 1. The molecule has 2 aromatic carbocycles. The lowest BCUT2D eigenvalue weighted by Gasteiger charge is -2.40. The third-order valence-electron chi connectivity index (χ3n) is 9.50. The third-order valence-corrected chi connectivity index (χ3v) is 9.89. The van der Waals surface area contributed by atoms with Crippen LogP contribution in [-0.2, 0) is 34.0 Å². The molecule has 2 N–H and O–H groups in total. The lowest BCUT2D eigenvalue weighted by atomic mass is 9.92. The van der Waals surface area contributed by atoms with Crippen molar-refractivity contribution in [2.24, 2.45) is 0 Å². The average molecular weight is 622 g/mol. The highest BCUT2D eigenvalue weighted by Crippen LogP contribution is 2.30. The van der Waals surface area contributed by atoms with E-state index in [0.717, 1.165) is 81.0 Å². The molecule has 2 saturated heterocycles. The maximum atomic E-state index is 13.1. The van der Waals surface area contributed by atoms with E-state index in [-0.39, 0.29) is 36.5 Å². The van der Waals surface area contributed by atoms with Crippen molar-refractivity contribution >= 4 is 40.8 Å². The topological polar surface area (TPSA) is 111 Å². The van der Waals surface area contributed by atoms with Gasteiger partial charge in [0.1, 0.15) is 5.78 Å². The molecule has 3 amide bonds. The van der Waals surface area contributed by atoms with E-state index in [1.165, 1.54) is 0 Å². The lowest BCUT2D eigenvalue weighted by molar-refractivity contribution is -0.133. The van der Waals surface area contributed by atoms with Crippen LogP contribution in [0.4, 0.5) is 10.5 Å². The number of hydrogen-bond acceptors (Lipinski definition) is 7. The van der Waals surface area contributed by atoms with Crippen LogP contribution in [0.15, 0.2) is 30.3 Å². The van der Waals surface area contributed by atoms with Gasteiger partial charge in [-0.15, -0.1) is 0 Å². The third kappa shape index (κ3) is 6.83. The van der Waals surface area contributed by atoms with E-state index in [2.05, 4.69) is 20.4 Å². The zero-order chi connectivity index (χ0) is 30.8. The molecule has 3 fully saturated rings. The Balaban J connectivity index is 1.02. The molecule has 1 atom stereocenters. The van der Waals surface area contributed by atoms with E-state index in [1.54, 1.807) is 17.0 Å². The van der Waals surface area contributed by atoms with Gasteiger partial charge in [-0.1, -0.05) is 23.7 Å². The van der Waals surface area contributed by atoms with Gasteiger partial charge in [-0.2, -0.15) is 0 Å². The van der Waals surface area contributed by atoms with Crippen molar-refractivity contribution in [3.05, 3.63) is 63.2 Å². The second-order valence-corrected chi connectivity index (χ2v) is 12.8. The number of carbonyl (C=O) groups is 4. The predicted octanol–water partition coefficient (Wildman–Crippen LogP) is 3.91. The molecule has 0 spiro atoms. The van der Waals surface area contributed by atoms with Gasteiger partial charge >= 0.3 is 6.03 Å². The number of nitrogens with one attached hydrogen (secondary N) is 2. The second-order valence-electron chi connectivity index (χ2n) is 12.4. The molecule has 1 unspecified atom stereocenters. The van der Waals surface area contributed by atoms with Crippen molar-refractivity contribution in [3.63, 3.8) is 0 Å². The molecule has 6 rings (SSSR count). The van der Waals surface area contributed by atoms with Crippen molar-refractivity contribution in [2.75, 3.05) is 44.7 Å². The Morgan fingerprint density at radius 2 is 1.80 bits per heavy atom. The minimum absolute atomic E-state index is 0.0639.